The number of rotatable bonds is 15. The summed E-state index contributed by atoms with van der Waals surface area (Å²) in [5, 5.41) is 9.63. The lowest BCUT2D eigenvalue weighted by molar-refractivity contribution is -0.145. The SMILES string of the molecule is CCCOC(=O)Oc1ccc(C(C(C)COC(=O)CCC(C)C)[C@H](N)C(=O)O)cc1OC(=O)OCCC. The molecule has 1 aromatic rings. The molecule has 0 aliphatic carbocycles. The van der Waals surface area contributed by atoms with Gasteiger partial charge in [0.15, 0.2) is 11.5 Å². The van der Waals surface area contributed by atoms with Crippen molar-refractivity contribution in [2.24, 2.45) is 17.6 Å². The number of carboxylic acid groups (broad SMARTS) is 1. The maximum atomic E-state index is 12.1. The molecule has 0 spiro atoms. The molecule has 0 amide bonds. The van der Waals surface area contributed by atoms with E-state index in [-0.39, 0.29) is 43.7 Å². The number of benzene rings is 1. The van der Waals surface area contributed by atoms with E-state index in [9.17, 15) is 24.3 Å². The van der Waals surface area contributed by atoms with Crippen LogP contribution in [0.4, 0.5) is 9.59 Å². The van der Waals surface area contributed by atoms with Crippen molar-refractivity contribution in [1.82, 2.24) is 0 Å². The minimum Gasteiger partial charge on any atom is -0.480 e. The van der Waals surface area contributed by atoms with Gasteiger partial charge < -0.3 is 34.5 Å². The van der Waals surface area contributed by atoms with Crippen LogP contribution in [0.15, 0.2) is 18.2 Å². The summed E-state index contributed by atoms with van der Waals surface area (Å²) in [6, 6.07) is 2.82. The lowest BCUT2D eigenvalue weighted by atomic mass is 9.82. The molecule has 3 N–H and O–H groups in total. The largest absolute Gasteiger partial charge is 0.513 e. The predicted molar refractivity (Wildman–Crippen MR) is 134 cm³/mol. The third-order valence-electron chi connectivity index (χ3n) is 5.31. The first kappa shape index (κ1) is 31.7. The number of ether oxygens (including phenoxy) is 5. The van der Waals surface area contributed by atoms with Crippen LogP contribution in [0.5, 0.6) is 11.5 Å². The van der Waals surface area contributed by atoms with Crippen molar-refractivity contribution in [3.05, 3.63) is 23.8 Å². The molecule has 0 aromatic heterocycles. The van der Waals surface area contributed by atoms with E-state index in [0.717, 1.165) is 0 Å². The van der Waals surface area contributed by atoms with Crippen molar-refractivity contribution in [2.45, 2.75) is 72.3 Å². The van der Waals surface area contributed by atoms with E-state index in [1.54, 1.807) is 13.8 Å². The first-order valence-electron chi connectivity index (χ1n) is 12.5. The van der Waals surface area contributed by atoms with E-state index in [4.69, 9.17) is 29.4 Å². The van der Waals surface area contributed by atoms with Crippen LogP contribution in [-0.2, 0) is 23.8 Å². The molecule has 208 valence electrons. The van der Waals surface area contributed by atoms with Crippen molar-refractivity contribution in [3.8, 4) is 11.5 Å². The molecule has 0 aliphatic rings. The van der Waals surface area contributed by atoms with Crippen molar-refractivity contribution in [2.75, 3.05) is 19.8 Å². The number of carbonyl (C=O) groups excluding carboxylic acids is 3. The molecule has 0 saturated carbocycles. The molecule has 37 heavy (non-hydrogen) atoms. The van der Waals surface area contributed by atoms with Crippen LogP contribution in [0.1, 0.15) is 71.8 Å². The van der Waals surface area contributed by atoms with Gasteiger partial charge in [0, 0.05) is 12.3 Å². The second-order valence-corrected chi connectivity index (χ2v) is 9.09. The maximum absolute atomic E-state index is 12.1. The summed E-state index contributed by atoms with van der Waals surface area (Å²) in [6.07, 6.45) is 0.0272. The molecule has 11 nitrogen and oxygen atoms in total. The van der Waals surface area contributed by atoms with Crippen LogP contribution in [0, 0.1) is 11.8 Å². The molecule has 0 bridgehead atoms. The van der Waals surface area contributed by atoms with Gasteiger partial charge in [0.05, 0.1) is 19.8 Å². The van der Waals surface area contributed by atoms with Gasteiger partial charge in [0.2, 0.25) is 0 Å². The summed E-state index contributed by atoms with van der Waals surface area (Å²) in [5.41, 5.74) is 6.38. The summed E-state index contributed by atoms with van der Waals surface area (Å²) in [6.45, 7) is 9.48. The Labute approximate surface area is 217 Å². The fourth-order valence-corrected chi connectivity index (χ4v) is 3.36. The number of aliphatic carboxylic acids is 1. The van der Waals surface area contributed by atoms with Gasteiger partial charge in [-0.25, -0.2) is 9.59 Å². The highest BCUT2D eigenvalue weighted by Gasteiger charge is 2.33. The first-order valence-corrected chi connectivity index (χ1v) is 12.5. The third kappa shape index (κ3) is 11.5. The third-order valence-corrected chi connectivity index (χ3v) is 5.31. The smallest absolute Gasteiger partial charge is 0.480 e. The molecule has 0 aliphatic heterocycles. The highest BCUT2D eigenvalue weighted by atomic mass is 16.7. The van der Waals surface area contributed by atoms with Gasteiger partial charge >= 0.3 is 24.2 Å². The van der Waals surface area contributed by atoms with Gasteiger partial charge in [0.1, 0.15) is 6.04 Å². The van der Waals surface area contributed by atoms with Crippen molar-refractivity contribution in [3.63, 3.8) is 0 Å². The molecule has 1 rings (SSSR count). The minimum atomic E-state index is -1.37. The highest BCUT2D eigenvalue weighted by Crippen LogP contribution is 2.36. The maximum Gasteiger partial charge on any atom is 0.513 e. The van der Waals surface area contributed by atoms with Crippen LogP contribution in [0.25, 0.3) is 0 Å². The van der Waals surface area contributed by atoms with Crippen LogP contribution in [0.2, 0.25) is 0 Å². The topological polar surface area (TPSA) is 161 Å². The predicted octanol–water partition coefficient (Wildman–Crippen LogP) is 4.65. The summed E-state index contributed by atoms with van der Waals surface area (Å²) in [4.78, 5) is 48.0. The number of hydrogen-bond donors (Lipinski definition) is 2. The monoisotopic (exact) mass is 525 g/mol. The van der Waals surface area contributed by atoms with Gasteiger partial charge in [0.25, 0.3) is 0 Å². The van der Waals surface area contributed by atoms with Crippen molar-refractivity contribution in [1.29, 1.82) is 0 Å². The van der Waals surface area contributed by atoms with Crippen LogP contribution >= 0.6 is 0 Å². The van der Waals surface area contributed by atoms with Gasteiger partial charge in [-0.1, -0.05) is 40.7 Å². The van der Waals surface area contributed by atoms with E-state index in [1.165, 1.54) is 18.2 Å². The first-order chi connectivity index (χ1) is 17.5. The van der Waals surface area contributed by atoms with Gasteiger partial charge in [-0.15, -0.1) is 0 Å². The van der Waals surface area contributed by atoms with Crippen LogP contribution in [0.3, 0.4) is 0 Å². The Balaban J connectivity index is 3.25. The Hall–Kier alpha value is -3.34. The minimum absolute atomic E-state index is 0.0705. The van der Waals surface area contributed by atoms with E-state index < -0.39 is 36.2 Å². The quantitative estimate of drug-likeness (QED) is 0.186. The zero-order valence-corrected chi connectivity index (χ0v) is 22.2. The summed E-state index contributed by atoms with van der Waals surface area (Å²) < 4.78 is 25.6. The Morgan fingerprint density at radius 1 is 0.892 bits per heavy atom. The van der Waals surface area contributed by atoms with E-state index >= 15 is 0 Å². The summed E-state index contributed by atoms with van der Waals surface area (Å²) in [7, 11) is 0. The van der Waals surface area contributed by atoms with Crippen molar-refractivity contribution >= 4 is 24.2 Å². The molecular weight excluding hydrogens is 486 g/mol. The number of carbonyl (C=O) groups is 4. The normalized spacial score (nSPS) is 13.3. The fraction of sp³-hybridized carbons (Fsp3) is 0.615. The molecule has 0 fully saturated rings. The molecule has 0 radical (unpaired) electrons. The van der Waals surface area contributed by atoms with E-state index in [0.29, 0.717) is 30.7 Å². The lowest BCUT2D eigenvalue weighted by Crippen LogP contribution is -2.40. The van der Waals surface area contributed by atoms with Gasteiger partial charge in [-0.05, 0) is 48.8 Å². The Bertz CT molecular complexity index is 901. The zero-order valence-electron chi connectivity index (χ0n) is 22.2. The Morgan fingerprint density at radius 2 is 1.46 bits per heavy atom. The molecule has 3 atom stereocenters. The van der Waals surface area contributed by atoms with Gasteiger partial charge in [-0.2, -0.15) is 0 Å². The Kier molecular flexibility index (Phi) is 14.1. The molecule has 11 heteroatoms. The summed E-state index contributed by atoms with van der Waals surface area (Å²) >= 11 is 0. The van der Waals surface area contributed by atoms with Crippen LogP contribution in [-0.4, -0.2) is 55.2 Å². The molecule has 0 heterocycles. The number of esters is 1. The number of nitrogens with two attached hydrogens (primary N) is 1. The Morgan fingerprint density at radius 3 is 1.97 bits per heavy atom. The molecule has 0 saturated heterocycles. The second kappa shape index (κ2) is 16.4. The highest BCUT2D eigenvalue weighted by molar-refractivity contribution is 5.75. The van der Waals surface area contributed by atoms with E-state index in [2.05, 4.69) is 0 Å². The average Bonchev–Trinajstić information content (AvgIpc) is 2.85. The zero-order chi connectivity index (χ0) is 28.0. The number of hydrogen-bond acceptors (Lipinski definition) is 10. The van der Waals surface area contributed by atoms with Crippen molar-refractivity contribution < 1.29 is 48.0 Å². The summed E-state index contributed by atoms with van der Waals surface area (Å²) in [5.74, 6) is -3.00. The average molecular weight is 526 g/mol. The molecule has 2 unspecified atom stereocenters. The van der Waals surface area contributed by atoms with Gasteiger partial charge in [-0.3, -0.25) is 9.59 Å². The van der Waals surface area contributed by atoms with Crippen LogP contribution < -0.4 is 15.2 Å². The number of carboxylic acids is 1. The molecular formula is C26H39NO10. The fourth-order valence-electron chi connectivity index (χ4n) is 3.36. The van der Waals surface area contributed by atoms with E-state index in [1.807, 2.05) is 20.8 Å². The standard InChI is InChI=1S/C26H39NO10/c1-6-12-33-25(31)36-19-10-9-18(14-20(19)37-26(32)34-13-7-2)22(23(27)24(29)30)17(5)15-35-21(28)11-8-16(3)4/h9-10,14,16-17,22-23H,6-8,11-13,15,27H2,1-5H3,(H,29,30)/t17?,22?,23-/m0/s1. The molecule has 1 aromatic carbocycles. The second-order valence-electron chi connectivity index (χ2n) is 9.09. The lowest BCUT2D eigenvalue weighted by Gasteiger charge is -2.28.